The van der Waals surface area contributed by atoms with E-state index in [9.17, 15) is 9.59 Å². The van der Waals surface area contributed by atoms with Gasteiger partial charge in [0.25, 0.3) is 11.8 Å². The van der Waals surface area contributed by atoms with Crippen molar-refractivity contribution in [3.8, 4) is 17.2 Å². The normalized spacial score (nSPS) is 10.4. The van der Waals surface area contributed by atoms with E-state index in [2.05, 4.69) is 20.8 Å². The first-order chi connectivity index (χ1) is 15.6. The number of para-hydroxylation sites is 2. The quantitative estimate of drug-likeness (QED) is 0.396. The van der Waals surface area contributed by atoms with Crippen molar-refractivity contribution in [2.45, 2.75) is 0 Å². The molecule has 3 aromatic rings. The minimum Gasteiger partial charge on any atom is -0.495 e. The Hall–Kier alpha value is -4.40. The zero-order chi connectivity index (χ0) is 22.8. The van der Waals surface area contributed by atoms with Gasteiger partial charge >= 0.3 is 0 Å². The fourth-order valence-corrected chi connectivity index (χ4v) is 2.69. The predicted octanol–water partition coefficient (Wildman–Crippen LogP) is 2.88. The number of pyridine rings is 1. The van der Waals surface area contributed by atoms with Gasteiger partial charge < -0.3 is 19.5 Å². The van der Waals surface area contributed by atoms with Gasteiger partial charge in [0.15, 0.2) is 18.1 Å². The molecule has 0 radical (unpaired) electrons. The Morgan fingerprint density at radius 3 is 2.56 bits per heavy atom. The lowest BCUT2D eigenvalue weighted by molar-refractivity contribution is -0.118. The van der Waals surface area contributed by atoms with Gasteiger partial charge in [0.1, 0.15) is 5.75 Å². The maximum absolute atomic E-state index is 12.2. The van der Waals surface area contributed by atoms with Crippen LogP contribution in [0.5, 0.6) is 17.2 Å². The predicted molar refractivity (Wildman–Crippen MR) is 119 cm³/mol. The van der Waals surface area contributed by atoms with Crippen molar-refractivity contribution in [1.29, 1.82) is 0 Å². The highest BCUT2D eigenvalue weighted by Crippen LogP contribution is 2.28. The number of rotatable bonds is 9. The number of anilines is 1. The van der Waals surface area contributed by atoms with Crippen molar-refractivity contribution >= 4 is 23.7 Å². The van der Waals surface area contributed by atoms with E-state index in [1.165, 1.54) is 26.6 Å². The Bertz CT molecular complexity index is 1100. The standard InChI is InChI=1S/C23H22N4O5/c1-30-19-8-4-3-7-18(19)26-22(28)15-32-20-10-9-16(12-21(20)31-2)13-25-27-23(29)17-6-5-11-24-14-17/h3-14H,15H2,1-2H3,(H,26,28)(H,27,29)/b25-13-. The molecule has 1 heterocycles. The van der Waals surface area contributed by atoms with Crippen LogP contribution in [0, 0.1) is 0 Å². The summed E-state index contributed by atoms with van der Waals surface area (Å²) in [6.45, 7) is -0.219. The van der Waals surface area contributed by atoms with Crippen LogP contribution in [0.25, 0.3) is 0 Å². The molecular formula is C23H22N4O5. The lowest BCUT2D eigenvalue weighted by atomic mass is 10.2. The van der Waals surface area contributed by atoms with E-state index in [4.69, 9.17) is 14.2 Å². The number of hydrogen-bond acceptors (Lipinski definition) is 7. The van der Waals surface area contributed by atoms with Gasteiger partial charge in [-0.25, -0.2) is 5.43 Å². The Kier molecular flexibility index (Phi) is 7.74. The average molecular weight is 434 g/mol. The molecule has 0 bridgehead atoms. The topological polar surface area (TPSA) is 111 Å². The maximum Gasteiger partial charge on any atom is 0.272 e. The van der Waals surface area contributed by atoms with E-state index in [1.807, 2.05) is 6.07 Å². The van der Waals surface area contributed by atoms with Crippen molar-refractivity contribution in [3.05, 3.63) is 78.1 Å². The third kappa shape index (κ3) is 6.05. The second kappa shape index (κ2) is 11.1. The number of benzene rings is 2. The number of hydrazone groups is 1. The van der Waals surface area contributed by atoms with Crippen LogP contribution in [0.1, 0.15) is 15.9 Å². The van der Waals surface area contributed by atoms with Crippen molar-refractivity contribution in [1.82, 2.24) is 10.4 Å². The summed E-state index contributed by atoms with van der Waals surface area (Å²) in [5, 5.41) is 6.67. The van der Waals surface area contributed by atoms with E-state index in [1.54, 1.807) is 54.7 Å². The van der Waals surface area contributed by atoms with E-state index < -0.39 is 0 Å². The van der Waals surface area contributed by atoms with Gasteiger partial charge in [-0.15, -0.1) is 0 Å². The fourth-order valence-electron chi connectivity index (χ4n) is 2.69. The largest absolute Gasteiger partial charge is 0.495 e. The highest BCUT2D eigenvalue weighted by Gasteiger charge is 2.11. The van der Waals surface area contributed by atoms with Crippen LogP contribution in [0.15, 0.2) is 72.1 Å². The van der Waals surface area contributed by atoms with Gasteiger partial charge in [0, 0.05) is 12.4 Å². The number of methoxy groups -OCH3 is 2. The first kappa shape index (κ1) is 22.3. The zero-order valence-corrected chi connectivity index (χ0v) is 17.6. The molecule has 2 N–H and O–H groups in total. The number of hydrogen-bond donors (Lipinski definition) is 2. The Balaban J connectivity index is 1.57. The van der Waals surface area contributed by atoms with Gasteiger partial charge in [-0.05, 0) is 48.0 Å². The summed E-state index contributed by atoms with van der Waals surface area (Å²) in [7, 11) is 3.02. The molecule has 0 fully saturated rings. The molecule has 9 heteroatoms. The van der Waals surface area contributed by atoms with Gasteiger partial charge in [-0.3, -0.25) is 14.6 Å². The highest BCUT2D eigenvalue weighted by atomic mass is 16.5. The molecule has 0 saturated heterocycles. The summed E-state index contributed by atoms with van der Waals surface area (Å²) >= 11 is 0. The summed E-state index contributed by atoms with van der Waals surface area (Å²) in [5.74, 6) is 0.636. The molecule has 0 aliphatic heterocycles. The van der Waals surface area contributed by atoms with E-state index in [0.717, 1.165) is 0 Å². The monoisotopic (exact) mass is 434 g/mol. The Labute approximate surface area is 185 Å². The summed E-state index contributed by atoms with van der Waals surface area (Å²) < 4.78 is 16.1. The Morgan fingerprint density at radius 2 is 1.81 bits per heavy atom. The number of ether oxygens (including phenoxy) is 3. The van der Waals surface area contributed by atoms with E-state index in [-0.39, 0.29) is 18.4 Å². The van der Waals surface area contributed by atoms with Gasteiger partial charge in [0.05, 0.1) is 31.7 Å². The summed E-state index contributed by atoms with van der Waals surface area (Å²) in [6.07, 6.45) is 4.50. The van der Waals surface area contributed by atoms with E-state index >= 15 is 0 Å². The molecule has 1 aromatic heterocycles. The molecule has 32 heavy (non-hydrogen) atoms. The fraction of sp³-hybridized carbons (Fsp3) is 0.130. The number of aromatic nitrogens is 1. The molecule has 164 valence electrons. The summed E-state index contributed by atoms with van der Waals surface area (Å²) in [5.41, 5.74) is 4.04. The van der Waals surface area contributed by atoms with Crippen LogP contribution in [-0.2, 0) is 4.79 Å². The van der Waals surface area contributed by atoms with Crippen molar-refractivity contribution in [2.24, 2.45) is 5.10 Å². The zero-order valence-electron chi connectivity index (χ0n) is 17.6. The van der Waals surface area contributed by atoms with Crippen molar-refractivity contribution in [3.63, 3.8) is 0 Å². The van der Waals surface area contributed by atoms with Gasteiger partial charge in [-0.2, -0.15) is 5.10 Å². The molecule has 0 aliphatic rings. The molecular weight excluding hydrogens is 412 g/mol. The highest BCUT2D eigenvalue weighted by molar-refractivity contribution is 5.95. The van der Waals surface area contributed by atoms with Gasteiger partial charge in [0.2, 0.25) is 0 Å². The molecule has 2 amide bonds. The van der Waals surface area contributed by atoms with Crippen LogP contribution >= 0.6 is 0 Å². The first-order valence-corrected chi connectivity index (χ1v) is 9.58. The summed E-state index contributed by atoms with van der Waals surface area (Å²) in [4.78, 5) is 28.1. The second-order valence-electron chi connectivity index (χ2n) is 6.39. The Morgan fingerprint density at radius 1 is 1.00 bits per heavy atom. The first-order valence-electron chi connectivity index (χ1n) is 9.58. The van der Waals surface area contributed by atoms with Gasteiger partial charge in [-0.1, -0.05) is 12.1 Å². The average Bonchev–Trinajstić information content (AvgIpc) is 2.83. The number of nitrogens with zero attached hydrogens (tertiary/aromatic N) is 2. The number of nitrogens with one attached hydrogen (secondary N) is 2. The molecule has 9 nitrogen and oxygen atoms in total. The van der Waals surface area contributed by atoms with E-state index in [0.29, 0.717) is 34.1 Å². The van der Waals surface area contributed by atoms with Crippen LogP contribution in [0.4, 0.5) is 5.69 Å². The maximum atomic E-state index is 12.2. The molecule has 2 aromatic carbocycles. The van der Waals surface area contributed by atoms with Crippen molar-refractivity contribution < 1.29 is 23.8 Å². The lowest BCUT2D eigenvalue weighted by Crippen LogP contribution is -2.20. The minimum absolute atomic E-state index is 0.219. The third-order valence-electron chi connectivity index (χ3n) is 4.23. The molecule has 0 saturated carbocycles. The molecule has 3 rings (SSSR count). The summed E-state index contributed by atoms with van der Waals surface area (Å²) in [6, 6.07) is 15.4. The third-order valence-corrected chi connectivity index (χ3v) is 4.23. The number of carbonyl (C=O) groups excluding carboxylic acids is 2. The van der Waals surface area contributed by atoms with Crippen LogP contribution in [0.3, 0.4) is 0 Å². The second-order valence-corrected chi connectivity index (χ2v) is 6.39. The van der Waals surface area contributed by atoms with Crippen LogP contribution < -0.4 is 25.0 Å². The smallest absolute Gasteiger partial charge is 0.272 e. The van der Waals surface area contributed by atoms with Crippen molar-refractivity contribution in [2.75, 3.05) is 26.1 Å². The van der Waals surface area contributed by atoms with Crippen LogP contribution in [0.2, 0.25) is 0 Å². The molecule has 0 spiro atoms. The molecule has 0 unspecified atom stereocenters. The number of amides is 2. The SMILES string of the molecule is COc1ccccc1NC(=O)COc1ccc(/C=N\NC(=O)c2cccnc2)cc1OC. The molecule has 0 aliphatic carbocycles. The molecule has 0 atom stereocenters. The lowest BCUT2D eigenvalue weighted by Gasteiger charge is -2.12. The minimum atomic E-state index is -0.373. The number of carbonyl (C=O) groups is 2. The van der Waals surface area contributed by atoms with Crippen LogP contribution in [-0.4, -0.2) is 43.8 Å².